The summed E-state index contributed by atoms with van der Waals surface area (Å²) in [6, 6.07) is 0. The third-order valence-corrected chi connectivity index (χ3v) is 6.30. The van der Waals surface area contributed by atoms with Crippen molar-refractivity contribution in [3.05, 3.63) is 0 Å². The molecule has 0 aromatic rings. The number of esters is 3. The molecule has 0 aromatic heterocycles. The monoisotopic (exact) mass is 470 g/mol. The van der Waals surface area contributed by atoms with Gasteiger partial charge in [-0.3, -0.25) is 14.4 Å². The van der Waals surface area contributed by atoms with Crippen LogP contribution in [0.3, 0.4) is 0 Å². The van der Waals surface area contributed by atoms with Crippen molar-refractivity contribution in [2.24, 2.45) is 17.8 Å². The average Bonchev–Trinajstić information content (AvgIpc) is 2.82. The molecule has 0 N–H and O–H groups in total. The lowest BCUT2D eigenvalue weighted by Gasteiger charge is -2.23. The number of hydrogen-bond acceptors (Lipinski definition) is 6. The van der Waals surface area contributed by atoms with Crippen LogP contribution in [0, 0.1) is 17.8 Å². The highest BCUT2D eigenvalue weighted by Gasteiger charge is 2.27. The SMILES string of the molecule is CCCC[C@@H](CC)C(=O)OCC(COC(=O)[C@@H](CC)CCCC)OC(=O)[C@@H](CC)CCCC. The largest absolute Gasteiger partial charge is 0.461 e. The molecule has 0 aliphatic heterocycles. The number of ether oxygens (including phenoxy) is 3. The maximum Gasteiger partial charge on any atom is 0.309 e. The Morgan fingerprint density at radius 2 is 0.879 bits per heavy atom. The summed E-state index contributed by atoms with van der Waals surface area (Å²) in [6.45, 7) is 12.0. The predicted octanol–water partition coefficient (Wildman–Crippen LogP) is 6.63. The molecule has 0 saturated carbocycles. The highest BCUT2D eigenvalue weighted by atomic mass is 16.6. The van der Waals surface area contributed by atoms with Crippen molar-refractivity contribution in [2.45, 2.75) is 125 Å². The number of hydrogen-bond donors (Lipinski definition) is 0. The molecule has 0 radical (unpaired) electrons. The van der Waals surface area contributed by atoms with Crippen LogP contribution in [-0.2, 0) is 28.6 Å². The number of rotatable bonds is 20. The van der Waals surface area contributed by atoms with Crippen LogP contribution in [-0.4, -0.2) is 37.2 Å². The molecule has 0 fully saturated rings. The maximum atomic E-state index is 12.7. The molecular weight excluding hydrogens is 420 g/mol. The molecule has 0 amide bonds. The number of carbonyl (C=O) groups is 3. The standard InChI is InChI=1S/C27H50O6/c1-7-13-16-21(10-4)25(28)31-19-24(33-27(30)23(12-6)18-15-9-3)20-32-26(29)22(11-5)17-14-8-2/h21-24H,7-20H2,1-6H3/t21-,22+,23-,24?/m0/s1. The van der Waals surface area contributed by atoms with Gasteiger partial charge in [-0.05, 0) is 38.5 Å². The van der Waals surface area contributed by atoms with Gasteiger partial charge in [-0.15, -0.1) is 0 Å². The Labute approximate surface area is 202 Å². The Morgan fingerprint density at radius 1 is 0.545 bits per heavy atom. The van der Waals surface area contributed by atoms with E-state index in [-0.39, 0.29) is 48.9 Å². The zero-order chi connectivity index (χ0) is 25.1. The topological polar surface area (TPSA) is 78.9 Å². The second-order valence-electron chi connectivity index (χ2n) is 9.06. The fraction of sp³-hybridized carbons (Fsp3) is 0.889. The molecule has 0 bridgehead atoms. The van der Waals surface area contributed by atoms with Crippen molar-refractivity contribution in [2.75, 3.05) is 13.2 Å². The summed E-state index contributed by atoms with van der Waals surface area (Å²) in [5, 5.41) is 0. The Balaban J connectivity index is 5.11. The Kier molecular flexibility index (Phi) is 18.9. The minimum absolute atomic E-state index is 0.0869. The smallest absolute Gasteiger partial charge is 0.309 e. The highest BCUT2D eigenvalue weighted by molar-refractivity contribution is 5.74. The average molecular weight is 471 g/mol. The molecule has 0 aliphatic rings. The van der Waals surface area contributed by atoms with Crippen molar-refractivity contribution in [3.63, 3.8) is 0 Å². The van der Waals surface area contributed by atoms with Gasteiger partial charge in [-0.2, -0.15) is 0 Å². The van der Waals surface area contributed by atoms with Crippen LogP contribution in [0.4, 0.5) is 0 Å². The van der Waals surface area contributed by atoms with E-state index in [0.29, 0.717) is 19.3 Å². The first-order valence-electron chi connectivity index (χ1n) is 13.4. The Hall–Kier alpha value is -1.59. The fourth-order valence-corrected chi connectivity index (χ4v) is 3.78. The zero-order valence-electron chi connectivity index (χ0n) is 22.2. The summed E-state index contributed by atoms with van der Waals surface area (Å²) in [7, 11) is 0. The molecular formula is C27H50O6. The summed E-state index contributed by atoms with van der Waals surface area (Å²) < 4.78 is 16.7. The normalized spacial score (nSPS) is 14.7. The van der Waals surface area contributed by atoms with Crippen LogP contribution in [0.2, 0.25) is 0 Å². The van der Waals surface area contributed by atoms with Gasteiger partial charge in [0.2, 0.25) is 0 Å². The molecule has 6 heteroatoms. The van der Waals surface area contributed by atoms with Crippen LogP contribution in [0.25, 0.3) is 0 Å². The minimum Gasteiger partial charge on any atom is -0.461 e. The second-order valence-corrected chi connectivity index (χ2v) is 9.06. The van der Waals surface area contributed by atoms with Crippen molar-refractivity contribution in [1.82, 2.24) is 0 Å². The molecule has 1 unspecified atom stereocenters. The van der Waals surface area contributed by atoms with Crippen molar-refractivity contribution >= 4 is 17.9 Å². The van der Waals surface area contributed by atoms with E-state index in [1.165, 1.54) is 0 Å². The summed E-state index contributed by atoms with van der Waals surface area (Å²) in [5.41, 5.74) is 0. The van der Waals surface area contributed by atoms with E-state index in [9.17, 15) is 14.4 Å². The van der Waals surface area contributed by atoms with E-state index >= 15 is 0 Å². The van der Waals surface area contributed by atoms with Gasteiger partial charge < -0.3 is 14.2 Å². The number of carbonyl (C=O) groups excluding carboxylic acids is 3. The van der Waals surface area contributed by atoms with E-state index in [2.05, 4.69) is 20.8 Å². The lowest BCUT2D eigenvalue weighted by atomic mass is 9.99. The van der Waals surface area contributed by atoms with Gasteiger partial charge in [0, 0.05) is 0 Å². The van der Waals surface area contributed by atoms with Gasteiger partial charge in [0.05, 0.1) is 17.8 Å². The summed E-state index contributed by atoms with van der Waals surface area (Å²) in [4.78, 5) is 37.8. The molecule has 6 nitrogen and oxygen atoms in total. The molecule has 0 heterocycles. The quantitative estimate of drug-likeness (QED) is 0.147. The third-order valence-electron chi connectivity index (χ3n) is 6.30. The second kappa shape index (κ2) is 19.8. The van der Waals surface area contributed by atoms with Crippen molar-refractivity contribution in [1.29, 1.82) is 0 Å². The molecule has 4 atom stereocenters. The molecule has 0 aliphatic carbocycles. The van der Waals surface area contributed by atoms with Crippen LogP contribution in [0.15, 0.2) is 0 Å². The lowest BCUT2D eigenvalue weighted by Crippen LogP contribution is -2.34. The van der Waals surface area contributed by atoms with Gasteiger partial charge in [-0.25, -0.2) is 0 Å². The molecule has 0 spiro atoms. The Bertz CT molecular complexity index is 501. The summed E-state index contributed by atoms with van der Waals surface area (Å²) >= 11 is 0. The Morgan fingerprint density at radius 3 is 1.18 bits per heavy atom. The van der Waals surface area contributed by atoms with Crippen LogP contribution in [0.5, 0.6) is 0 Å². The summed E-state index contributed by atoms with van der Waals surface area (Å²) in [5.74, 6) is -1.36. The van der Waals surface area contributed by atoms with Gasteiger partial charge in [0.1, 0.15) is 13.2 Å². The summed E-state index contributed by atoms with van der Waals surface area (Å²) in [6.07, 6.45) is 9.61. The van der Waals surface area contributed by atoms with Crippen LogP contribution >= 0.6 is 0 Å². The van der Waals surface area contributed by atoms with Gasteiger partial charge >= 0.3 is 17.9 Å². The molecule has 194 valence electrons. The fourth-order valence-electron chi connectivity index (χ4n) is 3.78. The van der Waals surface area contributed by atoms with E-state index in [1.54, 1.807) is 0 Å². The molecule has 0 aromatic carbocycles. The van der Waals surface area contributed by atoms with E-state index in [0.717, 1.165) is 57.8 Å². The molecule has 0 saturated heterocycles. The van der Waals surface area contributed by atoms with Crippen LogP contribution in [0.1, 0.15) is 119 Å². The molecule has 33 heavy (non-hydrogen) atoms. The van der Waals surface area contributed by atoms with E-state index < -0.39 is 6.10 Å². The third kappa shape index (κ3) is 13.6. The molecule has 0 rings (SSSR count). The zero-order valence-corrected chi connectivity index (χ0v) is 22.2. The van der Waals surface area contributed by atoms with Crippen molar-refractivity contribution in [3.8, 4) is 0 Å². The number of unbranched alkanes of at least 4 members (excludes halogenated alkanes) is 3. The van der Waals surface area contributed by atoms with E-state index in [4.69, 9.17) is 14.2 Å². The van der Waals surface area contributed by atoms with E-state index in [1.807, 2.05) is 20.8 Å². The van der Waals surface area contributed by atoms with Gasteiger partial charge in [0.25, 0.3) is 0 Å². The lowest BCUT2D eigenvalue weighted by molar-refractivity contribution is -0.172. The minimum atomic E-state index is -0.784. The first-order valence-corrected chi connectivity index (χ1v) is 13.4. The maximum absolute atomic E-state index is 12.7. The predicted molar refractivity (Wildman–Crippen MR) is 132 cm³/mol. The van der Waals surface area contributed by atoms with Crippen LogP contribution < -0.4 is 0 Å². The van der Waals surface area contributed by atoms with Gasteiger partial charge in [0.15, 0.2) is 6.10 Å². The van der Waals surface area contributed by atoms with Crippen molar-refractivity contribution < 1.29 is 28.6 Å². The first kappa shape index (κ1) is 31.4. The first-order chi connectivity index (χ1) is 15.9. The highest BCUT2D eigenvalue weighted by Crippen LogP contribution is 2.19. The van der Waals surface area contributed by atoms with Gasteiger partial charge in [-0.1, -0.05) is 80.1 Å².